The third kappa shape index (κ3) is 4.10. The van der Waals surface area contributed by atoms with Crippen LogP contribution in [0.2, 0.25) is 0 Å². The van der Waals surface area contributed by atoms with Crippen LogP contribution in [0.4, 0.5) is 0 Å². The first-order chi connectivity index (χ1) is 8.36. The monoisotopic (exact) mass is 269 g/mol. The van der Waals surface area contributed by atoms with E-state index in [1.165, 1.54) is 5.56 Å². The Kier molecular flexibility index (Phi) is 4.96. The third-order valence-electron chi connectivity index (χ3n) is 2.26. The predicted octanol–water partition coefficient (Wildman–Crippen LogP) is 1.20. The summed E-state index contributed by atoms with van der Waals surface area (Å²) in [5.41, 5.74) is 1.41. The normalized spacial score (nSPS) is 10.9. The molecule has 0 atom stereocenters. The number of thiophene rings is 1. The second-order valence-corrected chi connectivity index (χ2v) is 5.41. The number of rotatable bonds is 7. The van der Waals surface area contributed by atoms with Crippen molar-refractivity contribution in [3.8, 4) is 0 Å². The summed E-state index contributed by atoms with van der Waals surface area (Å²) in [6.45, 7) is 2.00. The van der Waals surface area contributed by atoms with Crippen molar-refractivity contribution in [2.75, 3.05) is 18.8 Å². The maximum atomic E-state index is 3.91. The van der Waals surface area contributed by atoms with Crippen LogP contribution in [-0.2, 0) is 13.5 Å². The maximum absolute atomic E-state index is 3.91. The number of aryl methyl sites for hydroxylation is 1. The van der Waals surface area contributed by atoms with Gasteiger partial charge in [0.25, 0.3) is 0 Å². The van der Waals surface area contributed by atoms with Gasteiger partial charge in [-0.05, 0) is 45.8 Å². The summed E-state index contributed by atoms with van der Waals surface area (Å²) in [7, 11) is 1.85. The average molecular weight is 269 g/mol. The lowest BCUT2D eigenvalue weighted by atomic mass is 10.2. The number of nitrogens with one attached hydrogen (secondary N) is 1. The van der Waals surface area contributed by atoms with Crippen LogP contribution < -0.4 is 5.32 Å². The van der Waals surface area contributed by atoms with Gasteiger partial charge in [-0.2, -0.15) is 11.3 Å². The van der Waals surface area contributed by atoms with E-state index in [4.69, 9.17) is 0 Å². The summed E-state index contributed by atoms with van der Waals surface area (Å²) >= 11 is 3.42. The highest BCUT2D eigenvalue weighted by Crippen LogP contribution is 2.10. The molecule has 2 aromatic rings. The Morgan fingerprint density at radius 3 is 3.12 bits per heavy atom. The van der Waals surface area contributed by atoms with Gasteiger partial charge in [-0.1, -0.05) is 11.8 Å². The molecule has 0 bridgehead atoms. The molecule has 0 unspecified atom stereocenters. The Hall–Kier alpha value is -0.920. The summed E-state index contributed by atoms with van der Waals surface area (Å²) in [6.07, 6.45) is 1.10. The van der Waals surface area contributed by atoms with Crippen molar-refractivity contribution < 1.29 is 0 Å². The van der Waals surface area contributed by atoms with Crippen molar-refractivity contribution in [2.24, 2.45) is 7.05 Å². The molecule has 2 heterocycles. The first kappa shape index (κ1) is 12.5. The minimum absolute atomic E-state index is 0.865. The highest BCUT2D eigenvalue weighted by atomic mass is 32.2. The first-order valence-electron chi connectivity index (χ1n) is 5.43. The topological polar surface area (TPSA) is 55.6 Å². The van der Waals surface area contributed by atoms with E-state index in [1.807, 2.05) is 7.05 Å². The van der Waals surface area contributed by atoms with Crippen molar-refractivity contribution in [3.05, 3.63) is 22.4 Å². The number of thioether (sulfide) groups is 1. The molecular formula is C10H15N5S2. The smallest absolute Gasteiger partial charge is 0.209 e. The lowest BCUT2D eigenvalue weighted by Crippen LogP contribution is -2.20. The lowest BCUT2D eigenvalue weighted by Gasteiger charge is -2.02. The molecule has 1 N–H and O–H groups in total. The highest BCUT2D eigenvalue weighted by molar-refractivity contribution is 7.99. The molecule has 0 aliphatic carbocycles. The van der Waals surface area contributed by atoms with Gasteiger partial charge >= 0.3 is 0 Å². The highest BCUT2D eigenvalue weighted by Gasteiger charge is 2.01. The molecule has 0 spiro atoms. The number of hydrogen-bond donors (Lipinski definition) is 1. The van der Waals surface area contributed by atoms with Gasteiger partial charge in [0.1, 0.15) is 0 Å². The van der Waals surface area contributed by atoms with Gasteiger partial charge in [-0.15, -0.1) is 5.10 Å². The van der Waals surface area contributed by atoms with E-state index in [0.29, 0.717) is 0 Å². The van der Waals surface area contributed by atoms with Crippen LogP contribution in [-0.4, -0.2) is 39.0 Å². The summed E-state index contributed by atoms with van der Waals surface area (Å²) in [5, 5.41) is 19.9. The maximum Gasteiger partial charge on any atom is 0.209 e. The van der Waals surface area contributed by atoms with Crippen molar-refractivity contribution in [2.45, 2.75) is 11.6 Å². The molecule has 0 fully saturated rings. The fraction of sp³-hybridized carbons (Fsp3) is 0.500. The largest absolute Gasteiger partial charge is 0.316 e. The molecule has 0 aliphatic rings. The number of hydrogen-bond acceptors (Lipinski definition) is 6. The van der Waals surface area contributed by atoms with E-state index in [9.17, 15) is 0 Å². The zero-order valence-electron chi connectivity index (χ0n) is 9.67. The number of nitrogens with zero attached hydrogens (tertiary/aromatic N) is 4. The minimum atomic E-state index is 0.865. The van der Waals surface area contributed by atoms with Crippen LogP contribution in [0.1, 0.15) is 5.56 Å². The van der Waals surface area contributed by atoms with Crippen molar-refractivity contribution in [1.82, 2.24) is 25.5 Å². The number of aromatic nitrogens is 4. The molecular weight excluding hydrogens is 254 g/mol. The Bertz CT molecular complexity index is 426. The van der Waals surface area contributed by atoms with Gasteiger partial charge in [-0.25, -0.2) is 4.68 Å². The van der Waals surface area contributed by atoms with Crippen LogP contribution in [0, 0.1) is 0 Å². The zero-order chi connectivity index (χ0) is 11.9. The molecule has 0 radical (unpaired) electrons. The van der Waals surface area contributed by atoms with Gasteiger partial charge < -0.3 is 5.32 Å². The molecule has 92 valence electrons. The van der Waals surface area contributed by atoms with Crippen LogP contribution >= 0.6 is 23.1 Å². The zero-order valence-corrected chi connectivity index (χ0v) is 11.3. The van der Waals surface area contributed by atoms with Crippen LogP contribution in [0.3, 0.4) is 0 Å². The molecule has 17 heavy (non-hydrogen) atoms. The summed E-state index contributed by atoms with van der Waals surface area (Å²) < 4.78 is 1.69. The van der Waals surface area contributed by atoms with Gasteiger partial charge in [-0.3, -0.25) is 0 Å². The molecule has 0 amide bonds. The fourth-order valence-corrected chi connectivity index (χ4v) is 2.80. The molecule has 7 heteroatoms. The lowest BCUT2D eigenvalue weighted by molar-refractivity contribution is 0.663. The van der Waals surface area contributed by atoms with Gasteiger partial charge in [0.2, 0.25) is 5.16 Å². The fourth-order valence-electron chi connectivity index (χ4n) is 1.35. The van der Waals surface area contributed by atoms with E-state index < -0.39 is 0 Å². The van der Waals surface area contributed by atoms with Crippen LogP contribution in [0.5, 0.6) is 0 Å². The van der Waals surface area contributed by atoms with Crippen molar-refractivity contribution in [3.63, 3.8) is 0 Å². The standard InChI is InChI=1S/C10H15N5S2/c1-15-10(12-13-14-15)17-7-5-11-4-2-9-3-6-16-8-9/h3,6,8,11H,2,4-5,7H2,1H3. The second kappa shape index (κ2) is 6.73. The minimum Gasteiger partial charge on any atom is -0.316 e. The van der Waals surface area contributed by atoms with Gasteiger partial charge in [0.15, 0.2) is 0 Å². The first-order valence-corrected chi connectivity index (χ1v) is 7.36. The molecule has 2 aromatic heterocycles. The Morgan fingerprint density at radius 2 is 2.41 bits per heavy atom. The molecule has 0 saturated heterocycles. The Labute approximate surface area is 109 Å². The van der Waals surface area contributed by atoms with E-state index in [0.717, 1.165) is 30.4 Å². The summed E-state index contributed by atoms with van der Waals surface area (Å²) in [4.78, 5) is 0. The van der Waals surface area contributed by atoms with Gasteiger partial charge in [0, 0.05) is 19.3 Å². The molecule has 5 nitrogen and oxygen atoms in total. The Morgan fingerprint density at radius 1 is 1.47 bits per heavy atom. The molecule has 0 saturated carbocycles. The average Bonchev–Trinajstić information content (AvgIpc) is 2.95. The van der Waals surface area contributed by atoms with E-state index in [2.05, 4.69) is 37.7 Å². The van der Waals surface area contributed by atoms with E-state index in [-0.39, 0.29) is 0 Å². The Balaban J connectivity index is 1.54. The predicted molar refractivity (Wildman–Crippen MR) is 70.4 cm³/mol. The van der Waals surface area contributed by atoms with Crippen molar-refractivity contribution >= 4 is 23.1 Å². The molecule has 2 rings (SSSR count). The van der Waals surface area contributed by atoms with Crippen molar-refractivity contribution in [1.29, 1.82) is 0 Å². The summed E-state index contributed by atoms with van der Waals surface area (Å²) in [5.74, 6) is 0.984. The molecule has 0 aromatic carbocycles. The SMILES string of the molecule is Cn1nnnc1SCCNCCc1ccsc1. The van der Waals surface area contributed by atoms with Crippen LogP contribution in [0.15, 0.2) is 22.0 Å². The van der Waals surface area contributed by atoms with E-state index in [1.54, 1.807) is 27.8 Å². The summed E-state index contributed by atoms with van der Waals surface area (Å²) in [6, 6.07) is 2.17. The molecule has 0 aliphatic heterocycles. The quantitative estimate of drug-likeness (QED) is 0.604. The second-order valence-electron chi connectivity index (χ2n) is 3.57. The number of tetrazole rings is 1. The van der Waals surface area contributed by atoms with Gasteiger partial charge in [0.05, 0.1) is 0 Å². The van der Waals surface area contributed by atoms with E-state index >= 15 is 0 Å². The third-order valence-corrected chi connectivity index (χ3v) is 4.01. The van der Waals surface area contributed by atoms with Crippen LogP contribution in [0.25, 0.3) is 0 Å².